The molecule has 0 aromatic heterocycles. The van der Waals surface area contributed by atoms with E-state index in [9.17, 15) is 9.59 Å². The van der Waals surface area contributed by atoms with Crippen LogP contribution in [-0.2, 0) is 16.0 Å². The first-order valence-electron chi connectivity index (χ1n) is 10.5. The van der Waals surface area contributed by atoms with Gasteiger partial charge in [-0.15, -0.1) is 0 Å². The summed E-state index contributed by atoms with van der Waals surface area (Å²) in [7, 11) is 1.63. The zero-order chi connectivity index (χ0) is 22.8. The van der Waals surface area contributed by atoms with Crippen LogP contribution in [0.3, 0.4) is 0 Å². The molecule has 1 fully saturated rings. The number of carbonyl (C=O) groups excluding carboxylic acids is 2. The molecule has 166 valence electrons. The molecule has 2 aromatic carbocycles. The zero-order valence-electron chi connectivity index (χ0n) is 17.9. The summed E-state index contributed by atoms with van der Waals surface area (Å²) in [5.74, 6) is 0.476. The second-order valence-electron chi connectivity index (χ2n) is 7.60. The zero-order valence-corrected chi connectivity index (χ0v) is 21.1. The lowest BCUT2D eigenvalue weighted by Crippen LogP contribution is -2.31. The van der Waals surface area contributed by atoms with E-state index in [0.717, 1.165) is 39.9 Å². The predicted molar refractivity (Wildman–Crippen MR) is 137 cm³/mol. The monoisotopic (exact) mass is 530 g/mol. The molecule has 0 aliphatic carbocycles. The number of fused-ring (bicyclic) bond motifs is 1. The van der Waals surface area contributed by atoms with E-state index in [0.29, 0.717) is 34.3 Å². The number of benzene rings is 2. The van der Waals surface area contributed by atoms with E-state index in [1.807, 2.05) is 42.5 Å². The summed E-state index contributed by atoms with van der Waals surface area (Å²) >= 11 is 10.3. The van der Waals surface area contributed by atoms with Crippen molar-refractivity contribution in [3.63, 3.8) is 0 Å². The van der Waals surface area contributed by atoms with E-state index >= 15 is 0 Å². The van der Waals surface area contributed by atoms with Crippen LogP contribution < -0.4 is 9.64 Å². The normalized spacial score (nSPS) is 18.0. The summed E-state index contributed by atoms with van der Waals surface area (Å²) in [4.78, 5) is 30.5. The Morgan fingerprint density at radius 3 is 2.47 bits per heavy atom. The highest BCUT2D eigenvalue weighted by molar-refractivity contribution is 9.10. The molecule has 0 atom stereocenters. The molecular weight excluding hydrogens is 508 g/mol. The number of methoxy groups -OCH3 is 1. The van der Waals surface area contributed by atoms with E-state index in [2.05, 4.69) is 22.9 Å². The molecule has 32 heavy (non-hydrogen) atoms. The van der Waals surface area contributed by atoms with Crippen LogP contribution >= 0.6 is 39.9 Å². The van der Waals surface area contributed by atoms with Crippen molar-refractivity contribution in [3.05, 3.63) is 63.0 Å². The fourth-order valence-electron chi connectivity index (χ4n) is 3.84. The van der Waals surface area contributed by atoms with Gasteiger partial charge in [0.1, 0.15) is 10.1 Å². The number of ether oxygens (including phenoxy) is 1. The van der Waals surface area contributed by atoms with Crippen LogP contribution in [0.2, 0.25) is 0 Å². The summed E-state index contributed by atoms with van der Waals surface area (Å²) in [5.41, 5.74) is 3.19. The Balaban J connectivity index is 1.61. The van der Waals surface area contributed by atoms with Crippen LogP contribution in [0, 0.1) is 0 Å². The van der Waals surface area contributed by atoms with Gasteiger partial charge >= 0.3 is 0 Å². The average Bonchev–Trinajstić information content (AvgIpc) is 3.22. The quantitative estimate of drug-likeness (QED) is 0.353. The lowest BCUT2D eigenvalue weighted by Gasteiger charge is -2.16. The Bertz CT molecular complexity index is 1110. The van der Waals surface area contributed by atoms with Crippen LogP contribution in [-0.4, -0.2) is 41.2 Å². The van der Waals surface area contributed by atoms with Crippen molar-refractivity contribution in [1.82, 2.24) is 4.90 Å². The van der Waals surface area contributed by atoms with Crippen molar-refractivity contribution >= 4 is 67.3 Å². The van der Waals surface area contributed by atoms with Gasteiger partial charge in [-0.2, -0.15) is 0 Å². The molecule has 4 rings (SSSR count). The molecule has 2 aliphatic rings. The minimum absolute atomic E-state index is 0.123. The molecule has 2 aliphatic heterocycles. The van der Waals surface area contributed by atoms with Crippen LogP contribution in [0.4, 0.5) is 5.69 Å². The largest absolute Gasteiger partial charge is 0.497 e. The van der Waals surface area contributed by atoms with E-state index < -0.39 is 0 Å². The van der Waals surface area contributed by atoms with Gasteiger partial charge in [0.2, 0.25) is 0 Å². The number of nitrogens with zero attached hydrogens (tertiary/aromatic N) is 2. The third-order valence-corrected chi connectivity index (χ3v) is 7.51. The summed E-state index contributed by atoms with van der Waals surface area (Å²) in [6.07, 6.45) is 2.55. The minimum Gasteiger partial charge on any atom is -0.497 e. The average molecular weight is 531 g/mol. The van der Waals surface area contributed by atoms with Crippen molar-refractivity contribution in [2.45, 2.75) is 26.2 Å². The number of halogens is 1. The topological polar surface area (TPSA) is 49.9 Å². The SMILES string of the molecule is CCCCN1C(=O)/C(=C2\SC(=S)N(CCc3ccc(OC)cc3)C2=O)c2cc(Br)ccc21. The lowest BCUT2D eigenvalue weighted by atomic mass is 10.1. The molecule has 1 saturated heterocycles. The molecular formula is C24H23BrN2O3S2. The molecule has 5 nitrogen and oxygen atoms in total. The molecule has 0 bridgehead atoms. The van der Waals surface area contributed by atoms with Crippen LogP contribution in [0.1, 0.15) is 30.9 Å². The third-order valence-electron chi connectivity index (χ3n) is 5.57. The van der Waals surface area contributed by atoms with Gasteiger partial charge in [0.15, 0.2) is 0 Å². The molecule has 0 unspecified atom stereocenters. The number of carbonyl (C=O) groups is 2. The standard InChI is InChI=1S/C24H23BrN2O3S2/c1-3-4-12-26-19-10-7-16(25)14-18(19)20(22(26)28)21-23(29)27(24(31)32-21)13-11-15-5-8-17(30-2)9-6-15/h5-10,14H,3-4,11-13H2,1-2H3/b21-20-. The number of hydrogen-bond donors (Lipinski definition) is 0. The van der Waals surface area contributed by atoms with Crippen molar-refractivity contribution in [1.29, 1.82) is 0 Å². The first kappa shape index (κ1) is 23.0. The Labute approximate surface area is 205 Å². The smallest absolute Gasteiger partial charge is 0.267 e. The van der Waals surface area contributed by atoms with Crippen LogP contribution in [0.25, 0.3) is 5.57 Å². The maximum absolute atomic E-state index is 13.4. The van der Waals surface area contributed by atoms with Gasteiger partial charge in [0, 0.05) is 23.1 Å². The Hall–Kier alpha value is -2.16. The van der Waals surface area contributed by atoms with Crippen LogP contribution in [0.15, 0.2) is 51.8 Å². The van der Waals surface area contributed by atoms with Gasteiger partial charge in [-0.1, -0.05) is 65.4 Å². The van der Waals surface area contributed by atoms with Crippen molar-refractivity contribution in [3.8, 4) is 5.75 Å². The van der Waals surface area contributed by atoms with Gasteiger partial charge in [-0.3, -0.25) is 14.5 Å². The highest BCUT2D eigenvalue weighted by Crippen LogP contribution is 2.45. The maximum Gasteiger partial charge on any atom is 0.267 e. The van der Waals surface area contributed by atoms with E-state index in [4.69, 9.17) is 17.0 Å². The first-order chi connectivity index (χ1) is 15.4. The third kappa shape index (κ3) is 4.36. The number of thiocarbonyl (C=S) groups is 1. The van der Waals surface area contributed by atoms with Gasteiger partial charge in [0.25, 0.3) is 11.8 Å². The highest BCUT2D eigenvalue weighted by Gasteiger charge is 2.41. The Morgan fingerprint density at radius 1 is 1.03 bits per heavy atom. The number of anilines is 1. The second kappa shape index (κ2) is 9.77. The fourth-order valence-corrected chi connectivity index (χ4v) is 5.58. The summed E-state index contributed by atoms with van der Waals surface area (Å²) in [6, 6.07) is 13.5. The molecule has 2 amide bonds. The highest BCUT2D eigenvalue weighted by atomic mass is 79.9. The molecule has 2 heterocycles. The number of thioether (sulfide) groups is 1. The van der Waals surface area contributed by atoms with Gasteiger partial charge in [0.05, 0.1) is 23.3 Å². The van der Waals surface area contributed by atoms with Gasteiger partial charge < -0.3 is 9.64 Å². The minimum atomic E-state index is -0.194. The predicted octanol–water partition coefficient (Wildman–Crippen LogP) is 5.42. The number of hydrogen-bond acceptors (Lipinski definition) is 5. The fraction of sp³-hybridized carbons (Fsp3) is 0.292. The van der Waals surface area contributed by atoms with Crippen molar-refractivity contribution in [2.24, 2.45) is 0 Å². The summed E-state index contributed by atoms with van der Waals surface area (Å²) < 4.78 is 6.56. The molecule has 0 spiro atoms. The van der Waals surface area contributed by atoms with Gasteiger partial charge in [-0.05, 0) is 48.7 Å². The van der Waals surface area contributed by atoms with Crippen LogP contribution in [0.5, 0.6) is 5.75 Å². The molecule has 2 aromatic rings. The first-order valence-corrected chi connectivity index (χ1v) is 12.5. The Kier molecular flexibility index (Phi) is 7.02. The van der Waals surface area contributed by atoms with Crippen molar-refractivity contribution < 1.29 is 14.3 Å². The van der Waals surface area contributed by atoms with E-state index in [1.165, 1.54) is 11.8 Å². The van der Waals surface area contributed by atoms with E-state index in [-0.39, 0.29) is 11.8 Å². The molecule has 8 heteroatoms. The summed E-state index contributed by atoms with van der Waals surface area (Å²) in [5, 5.41) is 0. The van der Waals surface area contributed by atoms with Gasteiger partial charge in [-0.25, -0.2) is 0 Å². The van der Waals surface area contributed by atoms with Crippen molar-refractivity contribution in [2.75, 3.05) is 25.1 Å². The number of amides is 2. The summed E-state index contributed by atoms with van der Waals surface area (Å²) in [6.45, 7) is 3.19. The molecule has 0 N–H and O–H groups in total. The lowest BCUT2D eigenvalue weighted by molar-refractivity contribution is -0.122. The number of unbranched alkanes of at least 4 members (excludes halogenated alkanes) is 1. The Morgan fingerprint density at radius 2 is 1.78 bits per heavy atom. The maximum atomic E-state index is 13.4. The molecule has 0 saturated carbocycles. The van der Waals surface area contributed by atoms with E-state index in [1.54, 1.807) is 16.9 Å². The number of rotatable bonds is 7. The molecule has 0 radical (unpaired) electrons. The second-order valence-corrected chi connectivity index (χ2v) is 10.2.